The Hall–Kier alpha value is -3.39. The van der Waals surface area contributed by atoms with E-state index in [2.05, 4.69) is 15.4 Å². The number of hydrogen-bond acceptors (Lipinski definition) is 5. The highest BCUT2D eigenvalue weighted by Gasteiger charge is 2.42. The van der Waals surface area contributed by atoms with Gasteiger partial charge in [-0.3, -0.25) is 9.59 Å². The summed E-state index contributed by atoms with van der Waals surface area (Å²) in [6.45, 7) is 2.61. The molecule has 2 aliphatic rings. The van der Waals surface area contributed by atoms with Gasteiger partial charge in [-0.1, -0.05) is 11.6 Å². The van der Waals surface area contributed by atoms with Gasteiger partial charge in [0.1, 0.15) is 16.8 Å². The largest absolute Gasteiger partial charge is 0.497 e. The van der Waals surface area contributed by atoms with E-state index in [4.69, 9.17) is 16.3 Å². The molecule has 2 amide bonds. The zero-order valence-electron chi connectivity index (χ0n) is 17.5. The minimum absolute atomic E-state index is 0.00280. The minimum atomic E-state index is -0.0345. The highest BCUT2D eigenvalue weighted by Crippen LogP contribution is 2.32. The van der Waals surface area contributed by atoms with Crippen LogP contribution in [0, 0.1) is 11.8 Å². The highest BCUT2D eigenvalue weighted by atomic mass is 35.5. The van der Waals surface area contributed by atoms with Crippen molar-refractivity contribution in [3.05, 3.63) is 58.6 Å². The molecular formula is C23H22ClN5O3. The van der Waals surface area contributed by atoms with Crippen molar-refractivity contribution in [3.63, 3.8) is 0 Å². The Bertz CT molecular complexity index is 1210. The Balaban J connectivity index is 1.20. The lowest BCUT2D eigenvalue weighted by Crippen LogP contribution is -2.35. The van der Waals surface area contributed by atoms with Crippen LogP contribution in [-0.4, -0.2) is 70.3 Å². The van der Waals surface area contributed by atoms with E-state index < -0.39 is 0 Å². The normalized spacial score (nSPS) is 20.3. The van der Waals surface area contributed by atoms with Gasteiger partial charge < -0.3 is 14.5 Å². The average Bonchev–Trinajstić information content (AvgIpc) is 3.50. The van der Waals surface area contributed by atoms with Crippen molar-refractivity contribution in [1.29, 1.82) is 0 Å². The predicted molar refractivity (Wildman–Crippen MR) is 120 cm³/mol. The van der Waals surface area contributed by atoms with Crippen LogP contribution in [0.15, 0.2) is 42.5 Å². The third kappa shape index (κ3) is 3.93. The van der Waals surface area contributed by atoms with E-state index in [9.17, 15) is 9.59 Å². The summed E-state index contributed by atoms with van der Waals surface area (Å²) in [4.78, 5) is 29.4. The second kappa shape index (κ2) is 8.27. The zero-order valence-corrected chi connectivity index (χ0v) is 18.2. The lowest BCUT2D eigenvalue weighted by molar-refractivity contribution is -0.125. The summed E-state index contributed by atoms with van der Waals surface area (Å²) in [5.41, 5.74) is 2.83. The third-order valence-electron chi connectivity index (χ3n) is 6.20. The number of halogens is 1. The maximum atomic E-state index is 13.0. The summed E-state index contributed by atoms with van der Waals surface area (Å²) in [5, 5.41) is 11.2. The second-order valence-electron chi connectivity index (χ2n) is 8.26. The Morgan fingerprint density at radius 3 is 2.50 bits per heavy atom. The molecule has 0 aliphatic carbocycles. The van der Waals surface area contributed by atoms with Crippen molar-refractivity contribution in [2.75, 3.05) is 33.3 Å². The number of carbonyl (C=O) groups excluding carboxylic acids is 2. The van der Waals surface area contributed by atoms with Crippen molar-refractivity contribution >= 4 is 40.5 Å². The quantitative estimate of drug-likeness (QED) is 0.616. The molecule has 5 rings (SSSR count). The van der Waals surface area contributed by atoms with Gasteiger partial charge in [0.15, 0.2) is 0 Å². The van der Waals surface area contributed by atoms with Gasteiger partial charge in [0.25, 0.3) is 5.91 Å². The van der Waals surface area contributed by atoms with Crippen molar-refractivity contribution in [2.24, 2.45) is 11.8 Å². The van der Waals surface area contributed by atoms with E-state index >= 15 is 0 Å². The number of carbonyl (C=O) groups is 2. The monoisotopic (exact) mass is 451 g/mol. The number of methoxy groups -OCH3 is 1. The molecule has 0 spiro atoms. The maximum absolute atomic E-state index is 13.0. The number of nitrogens with one attached hydrogen (secondary N) is 1. The van der Waals surface area contributed by atoms with Gasteiger partial charge >= 0.3 is 0 Å². The molecule has 2 fully saturated rings. The number of H-pyrrole nitrogens is 1. The fourth-order valence-electron chi connectivity index (χ4n) is 4.57. The highest BCUT2D eigenvalue weighted by molar-refractivity contribution is 6.30. The minimum Gasteiger partial charge on any atom is -0.497 e. The van der Waals surface area contributed by atoms with Gasteiger partial charge in [0.2, 0.25) is 5.91 Å². The van der Waals surface area contributed by atoms with Crippen molar-refractivity contribution in [1.82, 2.24) is 25.2 Å². The zero-order chi connectivity index (χ0) is 22.2. The van der Waals surface area contributed by atoms with Crippen LogP contribution in [0.1, 0.15) is 15.9 Å². The summed E-state index contributed by atoms with van der Waals surface area (Å²) in [6, 6.07) is 10.7. The van der Waals surface area contributed by atoms with E-state index in [-0.39, 0.29) is 11.8 Å². The van der Waals surface area contributed by atoms with Crippen molar-refractivity contribution < 1.29 is 14.3 Å². The molecule has 3 aromatic rings. The fraction of sp³-hybridized carbons (Fsp3) is 0.304. The smallest absolute Gasteiger partial charge is 0.253 e. The number of aromatic amines is 1. The number of nitrogens with zero attached hydrogens (tertiary/aromatic N) is 4. The first-order valence-corrected chi connectivity index (χ1v) is 10.8. The molecule has 3 heterocycles. The van der Waals surface area contributed by atoms with Gasteiger partial charge in [-0.05, 0) is 48.0 Å². The molecule has 0 radical (unpaired) electrons. The molecule has 164 valence electrons. The molecule has 32 heavy (non-hydrogen) atoms. The fourth-order valence-corrected chi connectivity index (χ4v) is 4.80. The van der Waals surface area contributed by atoms with Gasteiger partial charge in [-0.2, -0.15) is 15.4 Å². The SMILES string of the molecule is COc1cc(Cl)cc(/C=C/C(=O)N2CC3CN(C(=O)c4ccc5n[nH]nc5c4)CC3C2)c1. The van der Waals surface area contributed by atoms with E-state index in [0.717, 1.165) is 11.1 Å². The summed E-state index contributed by atoms with van der Waals surface area (Å²) in [7, 11) is 1.58. The maximum Gasteiger partial charge on any atom is 0.253 e. The number of benzene rings is 2. The van der Waals surface area contributed by atoms with E-state index in [1.165, 1.54) is 0 Å². The summed E-state index contributed by atoms with van der Waals surface area (Å²) >= 11 is 6.09. The lowest BCUT2D eigenvalue weighted by Gasteiger charge is -2.21. The predicted octanol–water partition coefficient (Wildman–Crippen LogP) is 2.86. The molecule has 2 saturated heterocycles. The van der Waals surface area contributed by atoms with Gasteiger partial charge in [-0.25, -0.2) is 0 Å². The first-order chi connectivity index (χ1) is 15.5. The molecule has 0 saturated carbocycles. The van der Waals surface area contributed by atoms with Gasteiger partial charge in [0, 0.05) is 54.7 Å². The molecule has 1 aromatic heterocycles. The number of fused-ring (bicyclic) bond motifs is 2. The number of ether oxygens (including phenoxy) is 1. The van der Waals surface area contributed by atoms with Crippen LogP contribution in [0.4, 0.5) is 0 Å². The summed E-state index contributed by atoms with van der Waals surface area (Å²) in [6.07, 6.45) is 3.32. The molecule has 1 N–H and O–H groups in total. The Labute approximate surface area is 189 Å². The lowest BCUT2D eigenvalue weighted by atomic mass is 10.0. The van der Waals surface area contributed by atoms with E-state index in [1.807, 2.05) is 15.9 Å². The first kappa shape index (κ1) is 20.5. The standard InChI is InChI=1S/C23H22ClN5O3/c1-32-19-7-14(6-18(24)9-19)2-5-22(30)28-10-16-12-29(13-17(16)11-28)23(31)15-3-4-20-21(8-15)26-27-25-20/h2-9,16-17H,10-13H2,1H3,(H,25,26,27)/b5-2+. The molecule has 9 heteroatoms. The van der Waals surface area contributed by atoms with Gasteiger partial charge in [0.05, 0.1) is 7.11 Å². The van der Waals surface area contributed by atoms with Crippen LogP contribution in [0.2, 0.25) is 5.02 Å². The molecule has 2 aliphatic heterocycles. The Morgan fingerprint density at radius 2 is 1.75 bits per heavy atom. The summed E-state index contributed by atoms with van der Waals surface area (Å²) in [5.74, 6) is 1.19. The third-order valence-corrected chi connectivity index (χ3v) is 6.41. The molecule has 8 nitrogen and oxygen atoms in total. The topological polar surface area (TPSA) is 91.4 Å². The number of amides is 2. The van der Waals surface area contributed by atoms with Crippen LogP contribution in [0.5, 0.6) is 5.75 Å². The van der Waals surface area contributed by atoms with Crippen molar-refractivity contribution in [3.8, 4) is 5.75 Å². The van der Waals surface area contributed by atoms with Crippen LogP contribution in [-0.2, 0) is 4.79 Å². The van der Waals surface area contributed by atoms with E-state index in [1.54, 1.807) is 49.6 Å². The average molecular weight is 452 g/mol. The Kier molecular flexibility index (Phi) is 5.30. The van der Waals surface area contributed by atoms with Crippen LogP contribution in [0.25, 0.3) is 17.1 Å². The molecule has 2 atom stereocenters. The molecule has 2 unspecified atom stereocenters. The number of hydrogen-bond donors (Lipinski definition) is 1. The van der Waals surface area contributed by atoms with E-state index in [0.29, 0.717) is 59.9 Å². The van der Waals surface area contributed by atoms with Crippen molar-refractivity contribution in [2.45, 2.75) is 0 Å². The van der Waals surface area contributed by atoms with Crippen LogP contribution < -0.4 is 4.74 Å². The van der Waals surface area contributed by atoms with Crippen LogP contribution >= 0.6 is 11.6 Å². The molecule has 0 bridgehead atoms. The molecular weight excluding hydrogens is 430 g/mol. The summed E-state index contributed by atoms with van der Waals surface area (Å²) < 4.78 is 5.22. The molecule has 2 aromatic carbocycles. The number of rotatable bonds is 4. The van der Waals surface area contributed by atoms with Crippen LogP contribution in [0.3, 0.4) is 0 Å². The first-order valence-electron chi connectivity index (χ1n) is 10.4. The second-order valence-corrected chi connectivity index (χ2v) is 8.69. The number of likely N-dealkylation sites (tertiary alicyclic amines) is 2. The number of aromatic nitrogens is 3. The van der Waals surface area contributed by atoms with Gasteiger partial charge in [-0.15, -0.1) is 0 Å². The Morgan fingerprint density at radius 1 is 1.03 bits per heavy atom.